The summed E-state index contributed by atoms with van der Waals surface area (Å²) in [6, 6.07) is 4.39. The minimum absolute atomic E-state index is 0. The number of hydrogen-bond acceptors (Lipinski definition) is 4. The van der Waals surface area contributed by atoms with E-state index in [4.69, 9.17) is 9.47 Å². The van der Waals surface area contributed by atoms with Crippen molar-refractivity contribution in [2.24, 2.45) is 10.9 Å². The highest BCUT2D eigenvalue weighted by molar-refractivity contribution is 14.0. The van der Waals surface area contributed by atoms with Crippen molar-refractivity contribution in [3.05, 3.63) is 29.8 Å². The first-order chi connectivity index (χ1) is 13.8. The van der Waals surface area contributed by atoms with E-state index in [1.165, 1.54) is 12.1 Å². The Kier molecular flexibility index (Phi) is 11.8. The molecule has 2 unspecified atom stereocenters. The van der Waals surface area contributed by atoms with Crippen LogP contribution < -0.4 is 10.1 Å². The summed E-state index contributed by atoms with van der Waals surface area (Å²) < 4.78 is 48.6. The Bertz CT molecular complexity index is 644. The number of halogens is 4. The van der Waals surface area contributed by atoms with Gasteiger partial charge in [-0.3, -0.25) is 4.99 Å². The maximum atomic E-state index is 12.6. The van der Waals surface area contributed by atoms with Crippen LogP contribution in [0.1, 0.15) is 25.8 Å². The van der Waals surface area contributed by atoms with Gasteiger partial charge in [0.15, 0.2) is 5.96 Å². The second-order valence-electron chi connectivity index (χ2n) is 6.94. The molecule has 0 aliphatic carbocycles. The van der Waals surface area contributed by atoms with Gasteiger partial charge in [-0.2, -0.15) is 13.2 Å². The second kappa shape index (κ2) is 13.2. The van der Waals surface area contributed by atoms with Crippen molar-refractivity contribution < 1.29 is 27.8 Å². The molecule has 172 valence electrons. The average Bonchev–Trinajstić information content (AvgIpc) is 3.16. The minimum Gasteiger partial charge on any atom is -0.491 e. The second-order valence-corrected chi connectivity index (χ2v) is 6.94. The van der Waals surface area contributed by atoms with E-state index < -0.39 is 17.8 Å². The Morgan fingerprint density at radius 1 is 1.30 bits per heavy atom. The van der Waals surface area contributed by atoms with Gasteiger partial charge in [0.2, 0.25) is 0 Å². The smallest absolute Gasteiger partial charge is 0.416 e. The van der Waals surface area contributed by atoms with Crippen LogP contribution in [-0.2, 0) is 10.9 Å². The lowest BCUT2D eigenvalue weighted by molar-refractivity contribution is -0.137. The summed E-state index contributed by atoms with van der Waals surface area (Å²) >= 11 is 0. The molecule has 0 saturated carbocycles. The number of aliphatic hydroxyl groups is 1. The lowest BCUT2D eigenvalue weighted by Crippen LogP contribution is -2.41. The number of benzene rings is 1. The molecule has 10 heteroatoms. The number of nitrogens with zero attached hydrogens (tertiary/aromatic N) is 2. The topological polar surface area (TPSA) is 66.3 Å². The molecule has 0 bridgehead atoms. The molecule has 2 atom stereocenters. The lowest BCUT2D eigenvalue weighted by Gasteiger charge is -2.22. The summed E-state index contributed by atoms with van der Waals surface area (Å²) in [6.45, 7) is 7.91. The van der Waals surface area contributed by atoms with E-state index in [1.807, 2.05) is 13.8 Å². The molecule has 1 aromatic carbocycles. The summed E-state index contributed by atoms with van der Waals surface area (Å²) in [5.74, 6) is 1.47. The van der Waals surface area contributed by atoms with Gasteiger partial charge in [-0.25, -0.2) is 0 Å². The Balaban J connectivity index is 0.00000450. The lowest BCUT2D eigenvalue weighted by atomic mass is 10.1. The molecule has 30 heavy (non-hydrogen) atoms. The summed E-state index contributed by atoms with van der Waals surface area (Å²) in [7, 11) is 0. The SMILES string of the molecule is CCNC(=NCC(O)COc1ccc(C(F)(F)F)cc1)N1CCC(COCC)C1.I. The zero-order valence-electron chi connectivity index (χ0n) is 17.3. The minimum atomic E-state index is -4.38. The number of hydrogen-bond donors (Lipinski definition) is 2. The number of alkyl halides is 3. The average molecular weight is 545 g/mol. The summed E-state index contributed by atoms with van der Waals surface area (Å²) in [5, 5.41) is 13.4. The van der Waals surface area contributed by atoms with Crippen molar-refractivity contribution in [2.45, 2.75) is 32.5 Å². The zero-order chi connectivity index (χ0) is 21.3. The number of aliphatic imine (C=N–C) groups is 1. The van der Waals surface area contributed by atoms with E-state index in [1.54, 1.807) is 0 Å². The van der Waals surface area contributed by atoms with Crippen LogP contribution in [0.4, 0.5) is 13.2 Å². The largest absolute Gasteiger partial charge is 0.491 e. The Labute approximate surface area is 192 Å². The van der Waals surface area contributed by atoms with Crippen LogP contribution in [0.3, 0.4) is 0 Å². The number of ether oxygens (including phenoxy) is 2. The first-order valence-corrected chi connectivity index (χ1v) is 9.92. The molecule has 0 amide bonds. The van der Waals surface area contributed by atoms with Crippen molar-refractivity contribution >= 4 is 29.9 Å². The molecule has 0 spiro atoms. The van der Waals surface area contributed by atoms with Gasteiger partial charge in [0, 0.05) is 32.2 Å². The summed E-state index contributed by atoms with van der Waals surface area (Å²) in [6.07, 6.45) is -4.22. The molecule has 2 rings (SSSR count). The van der Waals surface area contributed by atoms with E-state index >= 15 is 0 Å². The van der Waals surface area contributed by atoms with Crippen molar-refractivity contribution in [3.8, 4) is 5.75 Å². The zero-order valence-corrected chi connectivity index (χ0v) is 19.7. The highest BCUT2D eigenvalue weighted by Crippen LogP contribution is 2.30. The molecule has 6 nitrogen and oxygen atoms in total. The van der Waals surface area contributed by atoms with Crippen LogP contribution in [0, 0.1) is 5.92 Å². The summed E-state index contributed by atoms with van der Waals surface area (Å²) in [5.41, 5.74) is -0.737. The van der Waals surface area contributed by atoms with Gasteiger partial charge in [0.05, 0.1) is 18.7 Å². The number of rotatable bonds is 9. The highest BCUT2D eigenvalue weighted by Gasteiger charge is 2.30. The highest BCUT2D eigenvalue weighted by atomic mass is 127. The predicted octanol–water partition coefficient (Wildman–Crippen LogP) is 3.39. The van der Waals surface area contributed by atoms with Crippen LogP contribution in [0.5, 0.6) is 5.75 Å². The van der Waals surface area contributed by atoms with Crippen molar-refractivity contribution in [1.82, 2.24) is 10.2 Å². The van der Waals surface area contributed by atoms with Gasteiger partial charge in [0.25, 0.3) is 0 Å². The maximum absolute atomic E-state index is 12.6. The third-order valence-corrected chi connectivity index (χ3v) is 4.55. The number of likely N-dealkylation sites (tertiary alicyclic amines) is 1. The van der Waals surface area contributed by atoms with Crippen molar-refractivity contribution in [3.63, 3.8) is 0 Å². The van der Waals surface area contributed by atoms with Gasteiger partial charge in [-0.15, -0.1) is 24.0 Å². The van der Waals surface area contributed by atoms with Crippen LogP contribution in [0.15, 0.2) is 29.3 Å². The number of nitrogens with one attached hydrogen (secondary N) is 1. The maximum Gasteiger partial charge on any atom is 0.416 e. The van der Waals surface area contributed by atoms with E-state index in [-0.39, 0.29) is 42.9 Å². The Morgan fingerprint density at radius 2 is 2.00 bits per heavy atom. The fraction of sp³-hybridized carbons (Fsp3) is 0.650. The molecule has 1 fully saturated rings. The monoisotopic (exact) mass is 545 g/mol. The molecule has 1 saturated heterocycles. The van der Waals surface area contributed by atoms with Gasteiger partial charge in [-0.05, 0) is 44.5 Å². The molecular weight excluding hydrogens is 514 g/mol. The van der Waals surface area contributed by atoms with Crippen molar-refractivity contribution in [1.29, 1.82) is 0 Å². The molecule has 1 aliphatic heterocycles. The first-order valence-electron chi connectivity index (χ1n) is 9.92. The first kappa shape index (κ1) is 26.8. The third kappa shape index (κ3) is 8.84. The quantitative estimate of drug-likeness (QED) is 0.283. The third-order valence-electron chi connectivity index (χ3n) is 4.55. The molecule has 1 heterocycles. The van der Waals surface area contributed by atoms with Gasteiger partial charge in [-0.1, -0.05) is 0 Å². The summed E-state index contributed by atoms with van der Waals surface area (Å²) in [4.78, 5) is 6.63. The number of guanidine groups is 1. The molecule has 1 aliphatic rings. The Hall–Kier alpha value is -1.27. The van der Waals surface area contributed by atoms with Crippen LogP contribution in [0.25, 0.3) is 0 Å². The molecule has 2 N–H and O–H groups in total. The van der Waals surface area contributed by atoms with E-state index in [9.17, 15) is 18.3 Å². The van der Waals surface area contributed by atoms with Crippen molar-refractivity contribution in [2.75, 3.05) is 46.0 Å². The molecular formula is C20H31F3IN3O3. The van der Waals surface area contributed by atoms with E-state index in [0.29, 0.717) is 19.1 Å². The van der Waals surface area contributed by atoms with Crippen LogP contribution >= 0.6 is 24.0 Å². The standard InChI is InChI=1S/C20H30F3N3O3.HI/c1-3-24-19(26-10-9-15(12-26)13-28-4-2)25-11-17(27)14-29-18-7-5-16(6-8-18)20(21,22)23;/h5-8,15,17,27H,3-4,9-14H2,1-2H3,(H,24,25);1H. The Morgan fingerprint density at radius 3 is 2.60 bits per heavy atom. The molecule has 1 aromatic rings. The predicted molar refractivity (Wildman–Crippen MR) is 121 cm³/mol. The van der Waals surface area contributed by atoms with Gasteiger partial charge < -0.3 is 24.8 Å². The fourth-order valence-electron chi connectivity index (χ4n) is 3.05. The fourth-order valence-corrected chi connectivity index (χ4v) is 3.05. The van der Waals surface area contributed by atoms with Gasteiger partial charge in [0.1, 0.15) is 18.5 Å². The van der Waals surface area contributed by atoms with E-state index in [2.05, 4.69) is 15.2 Å². The van der Waals surface area contributed by atoms with Gasteiger partial charge >= 0.3 is 6.18 Å². The van der Waals surface area contributed by atoms with E-state index in [0.717, 1.165) is 44.2 Å². The molecule has 0 radical (unpaired) electrons. The molecule has 0 aromatic heterocycles. The normalized spacial score (nSPS) is 18.1. The number of aliphatic hydroxyl groups excluding tert-OH is 1. The van der Waals surface area contributed by atoms with Crippen LogP contribution in [0.2, 0.25) is 0 Å². The van der Waals surface area contributed by atoms with Crippen LogP contribution in [-0.4, -0.2) is 68.1 Å².